The Morgan fingerprint density at radius 2 is 2.00 bits per heavy atom. The Balaban J connectivity index is 2.30. The van der Waals surface area contributed by atoms with E-state index < -0.39 is 0 Å². The van der Waals surface area contributed by atoms with Crippen LogP contribution in [0.2, 0.25) is 0 Å². The molecule has 80 valence electrons. The molecule has 0 aliphatic carbocycles. The van der Waals surface area contributed by atoms with Gasteiger partial charge in [0, 0.05) is 5.39 Å². The zero-order chi connectivity index (χ0) is 11.1. The Morgan fingerprint density at radius 1 is 1.19 bits per heavy atom. The van der Waals surface area contributed by atoms with Crippen LogP contribution >= 0.6 is 0 Å². The van der Waals surface area contributed by atoms with Crippen LogP contribution in [-0.2, 0) is 0 Å². The second-order valence-corrected chi connectivity index (χ2v) is 3.40. The van der Waals surface area contributed by atoms with E-state index in [1.54, 1.807) is 6.26 Å². The van der Waals surface area contributed by atoms with Crippen molar-refractivity contribution in [2.75, 3.05) is 11.6 Å². The average Bonchev–Trinajstić information content (AvgIpc) is 2.85. The van der Waals surface area contributed by atoms with Crippen LogP contribution in [0.5, 0.6) is 0 Å². The highest BCUT2D eigenvalue weighted by Crippen LogP contribution is 2.28. The van der Waals surface area contributed by atoms with E-state index in [1.165, 1.54) is 4.68 Å². The molecule has 0 bridgehead atoms. The van der Waals surface area contributed by atoms with Gasteiger partial charge in [-0.25, -0.2) is 4.68 Å². The van der Waals surface area contributed by atoms with E-state index in [1.807, 2.05) is 24.3 Å². The maximum Gasteiger partial charge on any atom is 0.241 e. The minimum absolute atomic E-state index is 0.167. The van der Waals surface area contributed by atoms with Crippen LogP contribution in [0.15, 0.2) is 34.9 Å². The first-order valence-corrected chi connectivity index (χ1v) is 4.70. The van der Waals surface area contributed by atoms with E-state index >= 15 is 0 Å². The molecule has 3 aromatic rings. The van der Waals surface area contributed by atoms with E-state index in [0.29, 0.717) is 5.82 Å². The molecule has 0 unspecified atom stereocenters. The largest absolute Gasteiger partial charge is 0.464 e. The van der Waals surface area contributed by atoms with E-state index in [0.717, 1.165) is 16.5 Å². The molecule has 6 nitrogen and oxygen atoms in total. The van der Waals surface area contributed by atoms with Crippen molar-refractivity contribution in [1.29, 1.82) is 0 Å². The number of anilines is 1. The number of nitrogens with zero attached hydrogens (tertiary/aromatic N) is 3. The third-order valence-corrected chi connectivity index (χ3v) is 2.44. The molecule has 0 saturated heterocycles. The van der Waals surface area contributed by atoms with Crippen LogP contribution in [-0.4, -0.2) is 14.9 Å². The number of rotatable bonds is 1. The van der Waals surface area contributed by atoms with E-state index in [9.17, 15) is 0 Å². The molecule has 3 rings (SSSR count). The van der Waals surface area contributed by atoms with Gasteiger partial charge in [0.2, 0.25) is 5.95 Å². The molecule has 0 fully saturated rings. The summed E-state index contributed by atoms with van der Waals surface area (Å²) < 4.78 is 6.62. The predicted octanol–water partition coefficient (Wildman–Crippen LogP) is 0.987. The number of benzene rings is 1. The lowest BCUT2D eigenvalue weighted by atomic mass is 10.2. The fraction of sp³-hybridized carbons (Fsp3) is 0. The molecular weight excluding hydrogens is 206 g/mol. The third-order valence-electron chi connectivity index (χ3n) is 2.44. The second-order valence-electron chi connectivity index (χ2n) is 3.40. The van der Waals surface area contributed by atoms with Crippen molar-refractivity contribution >= 4 is 16.9 Å². The fourth-order valence-electron chi connectivity index (χ4n) is 1.64. The Labute approximate surface area is 90.4 Å². The average molecular weight is 215 g/mol. The number of nitrogen functional groups attached to an aromatic ring is 2. The van der Waals surface area contributed by atoms with Crippen LogP contribution in [0.25, 0.3) is 22.4 Å². The normalized spacial score (nSPS) is 11.0. The lowest BCUT2D eigenvalue weighted by molar-refractivity contribution is 0.616. The molecule has 2 aromatic heterocycles. The number of hydrogen-bond acceptors (Lipinski definition) is 5. The van der Waals surface area contributed by atoms with Gasteiger partial charge in [0.25, 0.3) is 0 Å². The molecule has 0 aliphatic rings. The van der Waals surface area contributed by atoms with Gasteiger partial charge in [0.1, 0.15) is 11.8 Å². The molecule has 0 atom stereocenters. The standard InChI is InChI=1S/C10H9N5O/c11-10-14-13-9(15(10)12)7-5-16-8-4-2-1-3-6(7)8/h1-5H,12H2,(H2,11,14). The highest BCUT2D eigenvalue weighted by atomic mass is 16.3. The zero-order valence-corrected chi connectivity index (χ0v) is 8.29. The first-order chi connectivity index (χ1) is 7.77. The van der Waals surface area contributed by atoms with Crippen molar-refractivity contribution in [1.82, 2.24) is 14.9 Å². The lowest BCUT2D eigenvalue weighted by Gasteiger charge is -1.98. The molecule has 16 heavy (non-hydrogen) atoms. The molecule has 0 aliphatic heterocycles. The number of hydrogen-bond donors (Lipinski definition) is 2. The Morgan fingerprint density at radius 3 is 2.75 bits per heavy atom. The van der Waals surface area contributed by atoms with Crippen molar-refractivity contribution in [3.8, 4) is 11.4 Å². The monoisotopic (exact) mass is 215 g/mol. The lowest BCUT2D eigenvalue weighted by Crippen LogP contribution is -2.13. The van der Waals surface area contributed by atoms with Crippen LogP contribution < -0.4 is 11.6 Å². The molecule has 1 aromatic carbocycles. The Hall–Kier alpha value is -2.50. The van der Waals surface area contributed by atoms with Gasteiger partial charge in [-0.05, 0) is 6.07 Å². The van der Waals surface area contributed by atoms with Crippen molar-refractivity contribution in [2.24, 2.45) is 0 Å². The minimum Gasteiger partial charge on any atom is -0.464 e. The number of para-hydroxylation sites is 1. The number of aromatic nitrogens is 3. The second kappa shape index (κ2) is 2.99. The Kier molecular flexibility index (Phi) is 1.64. The fourth-order valence-corrected chi connectivity index (χ4v) is 1.64. The number of nitrogens with two attached hydrogens (primary N) is 2. The summed E-state index contributed by atoms with van der Waals surface area (Å²) in [6.07, 6.45) is 1.59. The smallest absolute Gasteiger partial charge is 0.241 e. The summed E-state index contributed by atoms with van der Waals surface area (Å²) in [7, 11) is 0. The third kappa shape index (κ3) is 1.07. The van der Waals surface area contributed by atoms with E-state index in [4.69, 9.17) is 16.0 Å². The maximum absolute atomic E-state index is 5.71. The summed E-state index contributed by atoms with van der Waals surface area (Å²) in [4.78, 5) is 0. The van der Waals surface area contributed by atoms with Crippen LogP contribution in [0.3, 0.4) is 0 Å². The molecule has 0 spiro atoms. The SMILES string of the molecule is Nc1nnc(-c2coc3ccccc23)n1N. The van der Waals surface area contributed by atoms with Crippen LogP contribution in [0.1, 0.15) is 0 Å². The van der Waals surface area contributed by atoms with Gasteiger partial charge in [0.05, 0.1) is 5.56 Å². The number of furan rings is 1. The van der Waals surface area contributed by atoms with Crippen molar-refractivity contribution in [2.45, 2.75) is 0 Å². The highest BCUT2D eigenvalue weighted by molar-refractivity contribution is 5.92. The van der Waals surface area contributed by atoms with E-state index in [-0.39, 0.29) is 5.95 Å². The molecule has 4 N–H and O–H groups in total. The number of fused-ring (bicyclic) bond motifs is 1. The van der Waals surface area contributed by atoms with Gasteiger partial charge in [-0.15, -0.1) is 10.2 Å². The summed E-state index contributed by atoms with van der Waals surface area (Å²) in [5.74, 6) is 6.37. The molecule has 6 heteroatoms. The van der Waals surface area contributed by atoms with Gasteiger partial charge in [-0.1, -0.05) is 18.2 Å². The van der Waals surface area contributed by atoms with Crippen molar-refractivity contribution in [3.05, 3.63) is 30.5 Å². The first-order valence-electron chi connectivity index (χ1n) is 4.70. The molecule has 0 radical (unpaired) electrons. The molecule has 0 amide bonds. The highest BCUT2D eigenvalue weighted by Gasteiger charge is 2.14. The topological polar surface area (TPSA) is 95.9 Å². The van der Waals surface area contributed by atoms with Gasteiger partial charge < -0.3 is 16.0 Å². The predicted molar refractivity (Wildman–Crippen MR) is 59.8 cm³/mol. The first kappa shape index (κ1) is 8.78. The van der Waals surface area contributed by atoms with Gasteiger partial charge in [-0.2, -0.15) is 0 Å². The quantitative estimate of drug-likeness (QED) is 0.590. The van der Waals surface area contributed by atoms with Crippen molar-refractivity contribution < 1.29 is 4.42 Å². The van der Waals surface area contributed by atoms with Crippen LogP contribution in [0.4, 0.5) is 5.95 Å². The summed E-state index contributed by atoms with van der Waals surface area (Å²) in [6.45, 7) is 0. The summed E-state index contributed by atoms with van der Waals surface area (Å²) >= 11 is 0. The van der Waals surface area contributed by atoms with Crippen molar-refractivity contribution in [3.63, 3.8) is 0 Å². The summed E-state index contributed by atoms with van der Waals surface area (Å²) in [6, 6.07) is 7.62. The Bertz CT molecular complexity index is 654. The summed E-state index contributed by atoms with van der Waals surface area (Å²) in [5.41, 5.74) is 7.08. The summed E-state index contributed by atoms with van der Waals surface area (Å²) in [5, 5.41) is 8.55. The zero-order valence-electron chi connectivity index (χ0n) is 8.29. The molecule has 2 heterocycles. The van der Waals surface area contributed by atoms with Gasteiger partial charge in [-0.3, -0.25) is 0 Å². The van der Waals surface area contributed by atoms with Gasteiger partial charge >= 0.3 is 0 Å². The maximum atomic E-state index is 5.71. The van der Waals surface area contributed by atoms with Gasteiger partial charge in [0.15, 0.2) is 5.82 Å². The van der Waals surface area contributed by atoms with Crippen LogP contribution in [0, 0.1) is 0 Å². The molecular formula is C10H9N5O. The van der Waals surface area contributed by atoms with E-state index in [2.05, 4.69) is 10.2 Å². The molecule has 0 saturated carbocycles. The minimum atomic E-state index is 0.167.